The van der Waals surface area contributed by atoms with E-state index in [0.29, 0.717) is 0 Å². The van der Waals surface area contributed by atoms with Crippen LogP contribution in [0.1, 0.15) is 11.1 Å². The van der Waals surface area contributed by atoms with Gasteiger partial charge < -0.3 is 4.42 Å². The molecule has 0 unspecified atom stereocenters. The molecule has 1 aromatic carbocycles. The van der Waals surface area contributed by atoms with Crippen molar-refractivity contribution in [2.45, 2.75) is 6.42 Å². The van der Waals surface area contributed by atoms with E-state index in [2.05, 4.69) is 33.4 Å². The average Bonchev–Trinajstić information content (AvgIpc) is 3.33. The molecule has 0 N–H and O–H groups in total. The minimum atomic E-state index is 0.775. The number of imidazole rings is 1. The van der Waals surface area contributed by atoms with Gasteiger partial charge in [0, 0.05) is 48.6 Å². The fourth-order valence-electron chi connectivity index (χ4n) is 3.15. The average molecular weight is 329 g/mol. The fourth-order valence-corrected chi connectivity index (χ4v) is 3.15. The van der Waals surface area contributed by atoms with Crippen molar-refractivity contribution in [1.82, 2.24) is 24.4 Å². The molecule has 5 aromatic rings. The van der Waals surface area contributed by atoms with Gasteiger partial charge in [0.15, 0.2) is 5.65 Å². The zero-order chi connectivity index (χ0) is 16.8. The number of fused-ring (bicyclic) bond motifs is 2. The summed E-state index contributed by atoms with van der Waals surface area (Å²) >= 11 is 0. The lowest BCUT2D eigenvalue weighted by atomic mass is 10.0. The van der Waals surface area contributed by atoms with Crippen molar-refractivity contribution >= 4 is 16.6 Å². The van der Waals surface area contributed by atoms with E-state index in [9.17, 15) is 0 Å². The van der Waals surface area contributed by atoms with Gasteiger partial charge >= 0.3 is 0 Å². The Morgan fingerprint density at radius 3 is 3.00 bits per heavy atom. The lowest BCUT2D eigenvalue weighted by Gasteiger charge is -2.07. The minimum Gasteiger partial charge on any atom is -0.464 e. The number of aryl methyl sites for hydroxylation is 1. The molecule has 5 rings (SSSR count). The van der Waals surface area contributed by atoms with Crippen LogP contribution in [0.25, 0.3) is 27.9 Å². The monoisotopic (exact) mass is 329 g/mol. The largest absolute Gasteiger partial charge is 0.464 e. The summed E-state index contributed by atoms with van der Waals surface area (Å²) in [4.78, 5) is 4.47. The SMILES string of the molecule is Cn1cc(-c2cc(Cc3ccc4occc4c3)c3nccn3n2)cn1. The molecule has 6 nitrogen and oxygen atoms in total. The van der Waals surface area contributed by atoms with Crippen LogP contribution in [0, 0.1) is 0 Å². The molecule has 0 aliphatic heterocycles. The van der Waals surface area contributed by atoms with Crippen molar-refractivity contribution in [3.63, 3.8) is 0 Å². The minimum absolute atomic E-state index is 0.775. The molecule has 0 radical (unpaired) electrons. The van der Waals surface area contributed by atoms with Crippen LogP contribution in [0.4, 0.5) is 0 Å². The van der Waals surface area contributed by atoms with Crippen LogP contribution < -0.4 is 0 Å². The molecule has 0 amide bonds. The van der Waals surface area contributed by atoms with Crippen LogP contribution in [-0.4, -0.2) is 24.4 Å². The van der Waals surface area contributed by atoms with Gasteiger partial charge in [-0.25, -0.2) is 9.50 Å². The third-order valence-electron chi connectivity index (χ3n) is 4.35. The van der Waals surface area contributed by atoms with Gasteiger partial charge in [-0.15, -0.1) is 0 Å². The molecule has 122 valence electrons. The first kappa shape index (κ1) is 14.0. The van der Waals surface area contributed by atoms with E-state index in [1.54, 1.807) is 17.1 Å². The molecular weight excluding hydrogens is 314 g/mol. The summed E-state index contributed by atoms with van der Waals surface area (Å²) in [5, 5.41) is 10.0. The van der Waals surface area contributed by atoms with Gasteiger partial charge in [-0.3, -0.25) is 4.68 Å². The van der Waals surface area contributed by atoms with Crippen molar-refractivity contribution in [2.75, 3.05) is 0 Å². The van der Waals surface area contributed by atoms with E-state index < -0.39 is 0 Å². The maximum absolute atomic E-state index is 5.42. The summed E-state index contributed by atoms with van der Waals surface area (Å²) in [6, 6.07) is 10.3. The Labute approximate surface area is 143 Å². The molecule has 0 aliphatic carbocycles. The molecule has 0 bridgehead atoms. The molecule has 0 spiro atoms. The first-order valence-electron chi connectivity index (χ1n) is 8.05. The number of hydrogen-bond acceptors (Lipinski definition) is 4. The lowest BCUT2D eigenvalue weighted by Crippen LogP contribution is -2.00. The topological polar surface area (TPSA) is 61.2 Å². The zero-order valence-electron chi connectivity index (χ0n) is 13.6. The van der Waals surface area contributed by atoms with Crippen LogP contribution in [0.2, 0.25) is 0 Å². The van der Waals surface area contributed by atoms with E-state index in [1.807, 2.05) is 42.3 Å². The normalized spacial score (nSPS) is 11.6. The van der Waals surface area contributed by atoms with Crippen LogP contribution in [0.5, 0.6) is 0 Å². The van der Waals surface area contributed by atoms with Crippen molar-refractivity contribution in [1.29, 1.82) is 0 Å². The van der Waals surface area contributed by atoms with Crippen LogP contribution in [0.3, 0.4) is 0 Å². The molecule has 4 heterocycles. The zero-order valence-corrected chi connectivity index (χ0v) is 13.6. The Morgan fingerprint density at radius 2 is 2.12 bits per heavy atom. The number of furan rings is 1. The van der Waals surface area contributed by atoms with E-state index >= 15 is 0 Å². The van der Waals surface area contributed by atoms with Crippen LogP contribution in [-0.2, 0) is 13.5 Å². The Bertz CT molecular complexity index is 1200. The number of nitrogens with zero attached hydrogens (tertiary/aromatic N) is 5. The van der Waals surface area contributed by atoms with Crippen molar-refractivity contribution in [3.05, 3.63) is 72.5 Å². The maximum Gasteiger partial charge on any atom is 0.157 e. The molecule has 0 aliphatic rings. The molecule has 25 heavy (non-hydrogen) atoms. The summed E-state index contributed by atoms with van der Waals surface area (Å²) in [6.45, 7) is 0. The maximum atomic E-state index is 5.42. The summed E-state index contributed by atoms with van der Waals surface area (Å²) in [5.74, 6) is 0. The molecule has 0 saturated carbocycles. The molecule has 0 saturated heterocycles. The molecule has 0 atom stereocenters. The van der Waals surface area contributed by atoms with Crippen LogP contribution >= 0.6 is 0 Å². The Kier molecular flexibility index (Phi) is 2.97. The standard InChI is InChI=1S/C19H15N5O/c1-23-12-16(11-21-23)17-10-15(19-20-5-6-24(19)22-17)9-13-2-3-18-14(8-13)4-7-25-18/h2-8,10-12H,9H2,1H3. The highest BCUT2D eigenvalue weighted by molar-refractivity contribution is 5.78. The smallest absolute Gasteiger partial charge is 0.157 e. The van der Waals surface area contributed by atoms with Crippen molar-refractivity contribution < 1.29 is 4.42 Å². The second-order valence-electron chi connectivity index (χ2n) is 6.12. The van der Waals surface area contributed by atoms with Gasteiger partial charge in [0.1, 0.15) is 5.58 Å². The predicted molar refractivity (Wildman–Crippen MR) is 94.2 cm³/mol. The second-order valence-corrected chi connectivity index (χ2v) is 6.12. The fraction of sp³-hybridized carbons (Fsp3) is 0.105. The third kappa shape index (κ3) is 2.39. The summed E-state index contributed by atoms with van der Waals surface area (Å²) in [5.41, 5.74) is 5.99. The Hall–Kier alpha value is -3.41. The highest BCUT2D eigenvalue weighted by atomic mass is 16.3. The molecule has 6 heteroatoms. The number of rotatable bonds is 3. The highest BCUT2D eigenvalue weighted by Crippen LogP contribution is 2.23. The predicted octanol–water partition coefficient (Wildman–Crippen LogP) is 3.47. The highest BCUT2D eigenvalue weighted by Gasteiger charge is 2.11. The number of benzene rings is 1. The van der Waals surface area contributed by atoms with E-state index in [0.717, 1.165) is 39.9 Å². The first-order valence-corrected chi connectivity index (χ1v) is 8.05. The Morgan fingerprint density at radius 1 is 1.16 bits per heavy atom. The van der Waals surface area contributed by atoms with Crippen molar-refractivity contribution in [3.8, 4) is 11.3 Å². The number of aromatic nitrogens is 5. The van der Waals surface area contributed by atoms with Gasteiger partial charge in [0.05, 0.1) is 18.2 Å². The van der Waals surface area contributed by atoms with Gasteiger partial charge in [-0.2, -0.15) is 10.2 Å². The quantitative estimate of drug-likeness (QED) is 0.508. The Balaban J connectivity index is 1.62. The summed E-state index contributed by atoms with van der Waals surface area (Å²) in [7, 11) is 1.90. The van der Waals surface area contributed by atoms with E-state index in [1.165, 1.54) is 5.56 Å². The number of hydrogen-bond donors (Lipinski definition) is 0. The van der Waals surface area contributed by atoms with E-state index in [-0.39, 0.29) is 0 Å². The molecular formula is C19H15N5O. The molecule has 0 fully saturated rings. The van der Waals surface area contributed by atoms with Gasteiger partial charge in [-0.1, -0.05) is 6.07 Å². The summed E-state index contributed by atoms with van der Waals surface area (Å²) in [6.07, 6.45) is 9.93. The third-order valence-corrected chi connectivity index (χ3v) is 4.35. The van der Waals surface area contributed by atoms with Crippen molar-refractivity contribution in [2.24, 2.45) is 7.05 Å². The van der Waals surface area contributed by atoms with Gasteiger partial charge in [0.2, 0.25) is 0 Å². The van der Waals surface area contributed by atoms with Gasteiger partial charge in [-0.05, 0) is 29.8 Å². The summed E-state index contributed by atoms with van der Waals surface area (Å²) < 4.78 is 9.03. The van der Waals surface area contributed by atoms with E-state index in [4.69, 9.17) is 4.42 Å². The van der Waals surface area contributed by atoms with Gasteiger partial charge in [0.25, 0.3) is 0 Å². The second kappa shape index (κ2) is 5.31. The van der Waals surface area contributed by atoms with Crippen LogP contribution in [0.15, 0.2) is 65.8 Å². The first-order chi connectivity index (χ1) is 12.3. The molecule has 4 aromatic heterocycles. The lowest BCUT2D eigenvalue weighted by molar-refractivity contribution is 0.616.